The van der Waals surface area contributed by atoms with Gasteiger partial charge in [-0.3, -0.25) is 0 Å². The molecule has 0 saturated carbocycles. The average molecular weight is 332 g/mol. The number of nitrogens with zero attached hydrogens (tertiary/aromatic N) is 2. The number of methoxy groups -OCH3 is 2. The fourth-order valence-corrected chi connectivity index (χ4v) is 3.41. The van der Waals surface area contributed by atoms with Crippen molar-refractivity contribution in [3.8, 4) is 0 Å². The molecule has 5 nitrogen and oxygen atoms in total. The lowest BCUT2D eigenvalue weighted by Crippen LogP contribution is -2.34. The van der Waals surface area contributed by atoms with Gasteiger partial charge in [0.05, 0.1) is 10.2 Å². The topological polar surface area (TPSA) is 48.3 Å². The Bertz CT molecular complexity index is 449. The second-order valence-electron chi connectivity index (χ2n) is 5.83. The van der Waals surface area contributed by atoms with Crippen LogP contribution in [0.2, 0.25) is 0 Å². The summed E-state index contributed by atoms with van der Waals surface area (Å²) in [5, 5.41) is 8.17. The van der Waals surface area contributed by atoms with Crippen molar-refractivity contribution in [1.82, 2.24) is 9.78 Å². The third-order valence-corrected chi connectivity index (χ3v) is 4.14. The fourth-order valence-electron chi connectivity index (χ4n) is 2.41. The molecule has 0 spiro atoms. The lowest BCUT2D eigenvalue weighted by Gasteiger charge is -2.30. The molecule has 0 fully saturated rings. The largest absolute Gasteiger partial charge is 0.369 e. The van der Waals surface area contributed by atoms with Crippen LogP contribution in [0.4, 0.5) is 5.82 Å². The van der Waals surface area contributed by atoms with E-state index in [0.29, 0.717) is 0 Å². The van der Waals surface area contributed by atoms with Gasteiger partial charge in [-0.15, -0.1) is 0 Å². The summed E-state index contributed by atoms with van der Waals surface area (Å²) in [5.41, 5.74) is 1.04. The Morgan fingerprint density at radius 3 is 2.53 bits per heavy atom. The molecule has 108 valence electrons. The van der Waals surface area contributed by atoms with Gasteiger partial charge in [0.15, 0.2) is 6.29 Å². The van der Waals surface area contributed by atoms with Gasteiger partial charge in [0, 0.05) is 26.2 Å². The monoisotopic (exact) mass is 331 g/mol. The minimum atomic E-state index is -0.277. The Kier molecular flexibility index (Phi) is 4.23. The highest BCUT2D eigenvalue weighted by Crippen LogP contribution is 2.39. The normalized spacial score (nSPS) is 19.4. The standard InChI is InChI=1S/C13H22BrN3O2/c1-13(2,3)10-9(14)11-15-7-6-8(17(11)16-10)12(18-4)19-5/h8,12,15H,6-7H2,1-5H3. The number of fused-ring (bicyclic) bond motifs is 1. The second-order valence-corrected chi connectivity index (χ2v) is 6.62. The van der Waals surface area contributed by atoms with Crippen LogP contribution in [0.1, 0.15) is 38.9 Å². The summed E-state index contributed by atoms with van der Waals surface area (Å²) in [6.45, 7) is 7.36. The van der Waals surface area contributed by atoms with E-state index in [0.717, 1.165) is 29.0 Å². The van der Waals surface area contributed by atoms with Crippen molar-refractivity contribution in [3.63, 3.8) is 0 Å². The van der Waals surface area contributed by atoms with Crippen molar-refractivity contribution in [2.75, 3.05) is 26.1 Å². The molecule has 6 heteroatoms. The van der Waals surface area contributed by atoms with Crippen LogP contribution >= 0.6 is 15.9 Å². The molecule has 19 heavy (non-hydrogen) atoms. The van der Waals surface area contributed by atoms with E-state index in [1.807, 2.05) is 4.68 Å². The van der Waals surface area contributed by atoms with Gasteiger partial charge in [0.1, 0.15) is 11.9 Å². The summed E-state index contributed by atoms with van der Waals surface area (Å²) in [4.78, 5) is 0. The SMILES string of the molecule is COC(OC)C1CCNc2c(Br)c(C(C)(C)C)nn21. The maximum Gasteiger partial charge on any atom is 0.179 e. The van der Waals surface area contributed by atoms with Crippen molar-refractivity contribution < 1.29 is 9.47 Å². The molecule has 0 bridgehead atoms. The Morgan fingerprint density at radius 2 is 2.00 bits per heavy atom. The highest BCUT2D eigenvalue weighted by atomic mass is 79.9. The quantitative estimate of drug-likeness (QED) is 0.865. The number of halogens is 1. The zero-order valence-electron chi connectivity index (χ0n) is 12.2. The van der Waals surface area contributed by atoms with E-state index in [4.69, 9.17) is 14.6 Å². The zero-order chi connectivity index (χ0) is 14.2. The molecule has 0 aliphatic carbocycles. The first kappa shape index (κ1) is 14.8. The van der Waals surface area contributed by atoms with Crippen LogP contribution < -0.4 is 5.32 Å². The third kappa shape index (κ3) is 2.66. The molecule has 0 radical (unpaired) electrons. The minimum absolute atomic E-state index is 0.00889. The number of aromatic nitrogens is 2. The third-order valence-electron chi connectivity index (χ3n) is 3.39. The first-order valence-corrected chi connectivity index (χ1v) is 7.27. The Hall–Kier alpha value is -0.590. The van der Waals surface area contributed by atoms with Gasteiger partial charge >= 0.3 is 0 Å². The van der Waals surface area contributed by atoms with Crippen molar-refractivity contribution in [3.05, 3.63) is 10.2 Å². The Morgan fingerprint density at radius 1 is 1.37 bits per heavy atom. The van der Waals surface area contributed by atoms with Gasteiger partial charge in [-0.2, -0.15) is 5.10 Å². The van der Waals surface area contributed by atoms with E-state index in [-0.39, 0.29) is 17.7 Å². The van der Waals surface area contributed by atoms with E-state index >= 15 is 0 Å². The van der Waals surface area contributed by atoms with Crippen molar-refractivity contribution >= 4 is 21.7 Å². The van der Waals surface area contributed by atoms with Gasteiger partial charge in [0.25, 0.3) is 0 Å². The summed E-state index contributed by atoms with van der Waals surface area (Å²) in [6, 6.07) is 0.0960. The molecule has 1 unspecified atom stereocenters. The number of ether oxygens (including phenoxy) is 2. The van der Waals surface area contributed by atoms with Gasteiger partial charge in [-0.1, -0.05) is 20.8 Å². The van der Waals surface area contributed by atoms with Gasteiger partial charge < -0.3 is 14.8 Å². The van der Waals surface area contributed by atoms with E-state index < -0.39 is 0 Å². The number of hydrogen-bond donors (Lipinski definition) is 1. The van der Waals surface area contributed by atoms with Crippen molar-refractivity contribution in [2.45, 2.75) is 44.9 Å². The van der Waals surface area contributed by atoms with Crippen LogP contribution in [0.5, 0.6) is 0 Å². The Labute approximate surface area is 122 Å². The first-order valence-electron chi connectivity index (χ1n) is 6.48. The molecular formula is C13H22BrN3O2. The molecule has 1 N–H and O–H groups in total. The number of nitrogens with one attached hydrogen (secondary N) is 1. The van der Waals surface area contributed by atoms with Crippen LogP contribution in [0, 0.1) is 0 Å². The molecule has 0 saturated heterocycles. The average Bonchev–Trinajstić information content (AvgIpc) is 2.69. The first-order chi connectivity index (χ1) is 8.90. The number of hydrogen-bond acceptors (Lipinski definition) is 4. The summed E-state index contributed by atoms with van der Waals surface area (Å²) in [7, 11) is 3.33. The molecule has 1 aliphatic heterocycles. The van der Waals surface area contributed by atoms with E-state index in [2.05, 4.69) is 42.0 Å². The van der Waals surface area contributed by atoms with Crippen LogP contribution in [0.3, 0.4) is 0 Å². The molecule has 1 aromatic rings. The Balaban J connectivity index is 2.45. The summed E-state index contributed by atoms with van der Waals surface area (Å²) in [5.74, 6) is 1.01. The van der Waals surface area contributed by atoms with E-state index in [1.165, 1.54) is 0 Å². The van der Waals surface area contributed by atoms with E-state index in [9.17, 15) is 0 Å². The van der Waals surface area contributed by atoms with Gasteiger partial charge in [-0.25, -0.2) is 4.68 Å². The highest BCUT2D eigenvalue weighted by molar-refractivity contribution is 9.10. The molecule has 2 heterocycles. The lowest BCUT2D eigenvalue weighted by molar-refractivity contribution is -0.135. The number of rotatable bonds is 3. The van der Waals surface area contributed by atoms with Crippen LogP contribution in [-0.4, -0.2) is 36.8 Å². The molecule has 0 aromatic carbocycles. The van der Waals surface area contributed by atoms with Gasteiger partial charge in [0.2, 0.25) is 0 Å². The predicted molar refractivity (Wildman–Crippen MR) is 78.6 cm³/mol. The fraction of sp³-hybridized carbons (Fsp3) is 0.769. The molecule has 1 aromatic heterocycles. The molecule has 2 rings (SSSR count). The molecule has 1 aliphatic rings. The van der Waals surface area contributed by atoms with Crippen LogP contribution in [0.25, 0.3) is 0 Å². The number of anilines is 1. The predicted octanol–water partition coefficient (Wildman–Crippen LogP) is 2.92. The zero-order valence-corrected chi connectivity index (χ0v) is 13.7. The van der Waals surface area contributed by atoms with Gasteiger partial charge in [-0.05, 0) is 22.4 Å². The van der Waals surface area contributed by atoms with Crippen molar-refractivity contribution in [1.29, 1.82) is 0 Å². The summed E-state index contributed by atoms with van der Waals surface area (Å²) < 4.78 is 13.8. The van der Waals surface area contributed by atoms with Crippen molar-refractivity contribution in [2.24, 2.45) is 0 Å². The highest BCUT2D eigenvalue weighted by Gasteiger charge is 2.34. The van der Waals surface area contributed by atoms with Crippen LogP contribution in [0.15, 0.2) is 4.47 Å². The van der Waals surface area contributed by atoms with E-state index in [1.54, 1.807) is 14.2 Å². The smallest absolute Gasteiger partial charge is 0.179 e. The maximum absolute atomic E-state index is 5.40. The maximum atomic E-state index is 5.40. The summed E-state index contributed by atoms with van der Waals surface area (Å²) in [6.07, 6.45) is 0.650. The van der Waals surface area contributed by atoms with Crippen LogP contribution in [-0.2, 0) is 14.9 Å². The minimum Gasteiger partial charge on any atom is -0.369 e. The molecule has 1 atom stereocenters. The molecular weight excluding hydrogens is 310 g/mol. The second kappa shape index (κ2) is 5.42. The molecule has 0 amide bonds. The lowest BCUT2D eigenvalue weighted by atomic mass is 9.92. The summed E-state index contributed by atoms with van der Waals surface area (Å²) >= 11 is 3.67.